The van der Waals surface area contributed by atoms with E-state index in [1.54, 1.807) is 22.8 Å². The fourth-order valence-electron chi connectivity index (χ4n) is 2.19. The monoisotopic (exact) mass is 332 g/mol. The molecule has 1 rings (SSSR count). The number of hydrogen-bond donors (Lipinski definition) is 0. The molecule has 22 heavy (non-hydrogen) atoms. The minimum Gasteiger partial charge on any atom is -0.444 e. The van der Waals surface area contributed by atoms with Gasteiger partial charge in [0, 0.05) is 19.6 Å². The molecule has 0 aromatic heterocycles. The van der Waals surface area contributed by atoms with Crippen LogP contribution >= 0.6 is 11.6 Å². The van der Waals surface area contributed by atoms with Crippen LogP contribution in [0.2, 0.25) is 0 Å². The second-order valence-electron chi connectivity index (χ2n) is 6.22. The van der Waals surface area contributed by atoms with Gasteiger partial charge in [-0.25, -0.2) is 9.59 Å². The van der Waals surface area contributed by atoms with E-state index in [-0.39, 0.29) is 12.1 Å². The number of carbonyl (C=O) groups excluding carboxylic acids is 2. The molecule has 0 bridgehead atoms. The van der Waals surface area contributed by atoms with Crippen LogP contribution in [0, 0.1) is 0 Å². The van der Waals surface area contributed by atoms with Gasteiger partial charge in [0.15, 0.2) is 5.56 Å². The average Bonchev–Trinajstić information content (AvgIpc) is 2.36. The summed E-state index contributed by atoms with van der Waals surface area (Å²) >= 11 is 5.67. The first kappa shape index (κ1) is 18.6. The van der Waals surface area contributed by atoms with Gasteiger partial charge in [0.05, 0.1) is 6.04 Å². The molecule has 1 fully saturated rings. The number of rotatable bonds is 3. The molecule has 7 heteroatoms. The van der Waals surface area contributed by atoms with E-state index >= 15 is 0 Å². The van der Waals surface area contributed by atoms with Crippen molar-refractivity contribution in [1.29, 1.82) is 0 Å². The van der Waals surface area contributed by atoms with E-state index in [2.05, 4.69) is 6.58 Å². The number of amides is 2. The fourth-order valence-corrected chi connectivity index (χ4v) is 2.27. The third-order valence-electron chi connectivity index (χ3n) is 3.07. The van der Waals surface area contributed by atoms with Gasteiger partial charge in [-0.2, -0.15) is 0 Å². The fraction of sp³-hybridized carbons (Fsp3) is 0.733. The van der Waals surface area contributed by atoms with Crippen LogP contribution in [0.5, 0.6) is 0 Å². The van der Waals surface area contributed by atoms with E-state index in [0.29, 0.717) is 26.1 Å². The van der Waals surface area contributed by atoms with E-state index < -0.39 is 17.3 Å². The van der Waals surface area contributed by atoms with Crippen molar-refractivity contribution in [2.75, 3.05) is 19.6 Å². The molecule has 2 atom stereocenters. The van der Waals surface area contributed by atoms with Gasteiger partial charge in [-0.05, 0) is 34.1 Å². The van der Waals surface area contributed by atoms with Gasteiger partial charge in [-0.3, -0.25) is 0 Å². The van der Waals surface area contributed by atoms with Crippen LogP contribution < -0.4 is 0 Å². The lowest BCUT2D eigenvalue weighted by Gasteiger charge is -2.41. The molecule has 0 spiro atoms. The van der Waals surface area contributed by atoms with Crippen LogP contribution in [0.1, 0.15) is 34.1 Å². The third-order valence-corrected chi connectivity index (χ3v) is 3.16. The van der Waals surface area contributed by atoms with Crippen molar-refractivity contribution in [3.8, 4) is 0 Å². The van der Waals surface area contributed by atoms with Crippen LogP contribution in [-0.2, 0) is 9.47 Å². The molecule has 1 aliphatic heterocycles. The highest BCUT2D eigenvalue weighted by Crippen LogP contribution is 2.19. The smallest absolute Gasteiger partial charge is 0.411 e. The zero-order chi connectivity index (χ0) is 16.9. The largest absolute Gasteiger partial charge is 0.444 e. The van der Waals surface area contributed by atoms with Crippen LogP contribution in [0.15, 0.2) is 12.7 Å². The molecule has 0 radical (unpaired) electrons. The van der Waals surface area contributed by atoms with Gasteiger partial charge >= 0.3 is 12.2 Å². The maximum Gasteiger partial charge on any atom is 0.411 e. The number of ether oxygens (including phenoxy) is 2. The summed E-state index contributed by atoms with van der Waals surface area (Å²) in [5.41, 5.74) is -1.24. The maximum absolute atomic E-state index is 12.3. The van der Waals surface area contributed by atoms with E-state index in [1.807, 2.05) is 20.8 Å². The summed E-state index contributed by atoms with van der Waals surface area (Å²) in [7, 11) is 0. The Hall–Kier alpha value is -1.43. The van der Waals surface area contributed by atoms with Crippen molar-refractivity contribution in [2.45, 2.75) is 51.3 Å². The van der Waals surface area contributed by atoms with Gasteiger partial charge in [-0.15, -0.1) is 6.58 Å². The van der Waals surface area contributed by atoms with Gasteiger partial charge in [0.2, 0.25) is 0 Å². The molecule has 1 aliphatic rings. The second kappa shape index (κ2) is 7.72. The average molecular weight is 333 g/mol. The molecular formula is C15H25ClN2O4. The molecule has 0 aliphatic carbocycles. The summed E-state index contributed by atoms with van der Waals surface area (Å²) in [5, 5.41) is 0. The molecular weight excluding hydrogens is 308 g/mol. The molecule has 126 valence electrons. The Morgan fingerprint density at radius 2 is 2.00 bits per heavy atom. The van der Waals surface area contributed by atoms with Crippen LogP contribution in [0.25, 0.3) is 0 Å². The number of alkyl halides is 1. The Bertz CT molecular complexity index is 420. The van der Waals surface area contributed by atoms with Crippen LogP contribution in [0.4, 0.5) is 9.59 Å². The normalized spacial score (nSPS) is 20.3. The summed E-state index contributed by atoms with van der Waals surface area (Å²) in [6.45, 7) is 11.9. The molecule has 0 saturated carbocycles. The van der Waals surface area contributed by atoms with E-state index in [9.17, 15) is 9.59 Å². The first-order valence-corrected chi connectivity index (χ1v) is 7.78. The Morgan fingerprint density at radius 1 is 1.36 bits per heavy atom. The van der Waals surface area contributed by atoms with Crippen molar-refractivity contribution in [3.05, 3.63) is 12.7 Å². The van der Waals surface area contributed by atoms with Crippen molar-refractivity contribution < 1.29 is 19.1 Å². The van der Waals surface area contributed by atoms with Gasteiger partial charge in [0.1, 0.15) is 5.60 Å². The summed E-state index contributed by atoms with van der Waals surface area (Å²) < 4.78 is 10.4. The second-order valence-corrected chi connectivity index (χ2v) is 6.84. The zero-order valence-electron chi connectivity index (χ0n) is 13.7. The number of hydrogen-bond acceptors (Lipinski definition) is 4. The zero-order valence-corrected chi connectivity index (χ0v) is 14.4. The van der Waals surface area contributed by atoms with Crippen molar-refractivity contribution in [2.24, 2.45) is 0 Å². The highest BCUT2D eigenvalue weighted by molar-refractivity contribution is 6.19. The lowest BCUT2D eigenvalue weighted by atomic mass is 10.1. The molecule has 6 nitrogen and oxygen atoms in total. The molecule has 2 amide bonds. The Morgan fingerprint density at radius 3 is 2.50 bits per heavy atom. The van der Waals surface area contributed by atoms with E-state index in [0.717, 1.165) is 0 Å². The highest BCUT2D eigenvalue weighted by Gasteiger charge is 2.35. The van der Waals surface area contributed by atoms with Crippen LogP contribution in [-0.4, -0.2) is 58.8 Å². The summed E-state index contributed by atoms with van der Waals surface area (Å²) in [5.74, 6) is 0. The summed E-state index contributed by atoms with van der Waals surface area (Å²) in [4.78, 5) is 27.4. The predicted octanol–water partition coefficient (Wildman–Crippen LogP) is 3.21. The Labute approximate surface area is 137 Å². The minimum absolute atomic E-state index is 0.181. The number of carbonyl (C=O) groups is 2. The van der Waals surface area contributed by atoms with Gasteiger partial charge < -0.3 is 19.3 Å². The van der Waals surface area contributed by atoms with Crippen LogP contribution in [0.3, 0.4) is 0 Å². The predicted molar refractivity (Wildman–Crippen MR) is 84.9 cm³/mol. The SMILES string of the molecule is C=CCC1CN(C(=O)OC(C)Cl)CCN1C(=O)OC(C)(C)C. The van der Waals surface area contributed by atoms with E-state index in [4.69, 9.17) is 21.1 Å². The third kappa shape index (κ3) is 5.75. The topological polar surface area (TPSA) is 59.1 Å². The number of piperazine rings is 1. The molecule has 1 heterocycles. The molecule has 1 saturated heterocycles. The summed E-state index contributed by atoms with van der Waals surface area (Å²) in [6, 6.07) is -0.181. The first-order valence-electron chi connectivity index (χ1n) is 7.34. The number of halogens is 1. The quantitative estimate of drug-likeness (QED) is 0.588. The van der Waals surface area contributed by atoms with Crippen molar-refractivity contribution in [3.63, 3.8) is 0 Å². The Kier molecular flexibility index (Phi) is 6.53. The lowest BCUT2D eigenvalue weighted by molar-refractivity contribution is -0.00270. The van der Waals surface area contributed by atoms with Crippen molar-refractivity contribution >= 4 is 23.8 Å². The Balaban J connectivity index is 2.73. The standard InChI is InChI=1S/C15H25ClN2O4/c1-6-7-12-10-17(13(19)21-11(2)16)8-9-18(12)14(20)22-15(3,4)5/h6,11-12H,1,7-10H2,2-5H3. The lowest BCUT2D eigenvalue weighted by Crippen LogP contribution is -2.57. The summed E-state index contributed by atoms with van der Waals surface area (Å²) in [6.07, 6.45) is 1.44. The molecule has 0 N–H and O–H groups in total. The molecule has 0 aromatic carbocycles. The first-order chi connectivity index (χ1) is 10.1. The highest BCUT2D eigenvalue weighted by atomic mass is 35.5. The molecule has 0 aromatic rings. The van der Waals surface area contributed by atoms with Gasteiger partial charge in [0.25, 0.3) is 0 Å². The van der Waals surface area contributed by atoms with Gasteiger partial charge in [-0.1, -0.05) is 17.7 Å². The number of nitrogens with zero attached hydrogens (tertiary/aromatic N) is 2. The minimum atomic E-state index is -0.686. The maximum atomic E-state index is 12.3. The molecule has 2 unspecified atom stereocenters. The van der Waals surface area contributed by atoms with Crippen molar-refractivity contribution in [1.82, 2.24) is 9.80 Å². The van der Waals surface area contributed by atoms with E-state index in [1.165, 1.54) is 0 Å².